The summed E-state index contributed by atoms with van der Waals surface area (Å²) in [5, 5.41) is 0. The SMILES string of the molecule is C=CCC/C=C/c1ccc(N(c2ccccc2)c2ccc(-c3ccc(-c4ccc(-c5ccc(-c6ccc(-c7ccc(N(c8ccccc8)c8ccc(-c9ccccc9)cc8)cc7)cc6)cc5)cc4)cc3)cc2)cc1. The van der Waals surface area contributed by atoms with Gasteiger partial charge in [0.1, 0.15) is 0 Å². The maximum absolute atomic E-state index is 3.83. The van der Waals surface area contributed by atoms with E-state index < -0.39 is 0 Å². The van der Waals surface area contributed by atoms with Crippen molar-refractivity contribution in [1.29, 1.82) is 0 Å². The van der Waals surface area contributed by atoms with Gasteiger partial charge in [-0.1, -0.05) is 231 Å². The van der Waals surface area contributed by atoms with Gasteiger partial charge in [-0.2, -0.15) is 0 Å². The van der Waals surface area contributed by atoms with Gasteiger partial charge in [0.15, 0.2) is 0 Å². The van der Waals surface area contributed by atoms with Gasteiger partial charge in [-0.05, 0) is 158 Å². The lowest BCUT2D eigenvalue weighted by atomic mass is 9.96. The van der Waals surface area contributed by atoms with Crippen molar-refractivity contribution >= 4 is 40.2 Å². The number of para-hydroxylation sites is 2. The molecule has 2 heteroatoms. The summed E-state index contributed by atoms with van der Waals surface area (Å²) >= 11 is 0. The Morgan fingerprint density at radius 1 is 0.230 bits per heavy atom. The number of hydrogen-bond donors (Lipinski definition) is 0. The van der Waals surface area contributed by atoms with Crippen molar-refractivity contribution in [3.63, 3.8) is 0 Å². The van der Waals surface area contributed by atoms with Gasteiger partial charge in [0.05, 0.1) is 0 Å². The lowest BCUT2D eigenvalue weighted by Gasteiger charge is -2.26. The number of hydrogen-bond acceptors (Lipinski definition) is 2. The van der Waals surface area contributed by atoms with Gasteiger partial charge in [0.2, 0.25) is 0 Å². The minimum absolute atomic E-state index is 0.989. The minimum Gasteiger partial charge on any atom is -0.311 e. The Labute approximate surface area is 436 Å². The van der Waals surface area contributed by atoms with Crippen LogP contribution in [0.3, 0.4) is 0 Å². The van der Waals surface area contributed by atoms with Crippen LogP contribution < -0.4 is 9.80 Å². The highest BCUT2D eigenvalue weighted by atomic mass is 15.1. The molecule has 0 saturated carbocycles. The maximum Gasteiger partial charge on any atom is 0.0462 e. The first kappa shape index (κ1) is 46.9. The molecule has 0 heterocycles. The molecular weight excluding hydrogens is 893 g/mol. The normalized spacial score (nSPS) is 11.1. The molecule has 0 aliphatic carbocycles. The molecule has 0 spiro atoms. The van der Waals surface area contributed by atoms with E-state index >= 15 is 0 Å². The van der Waals surface area contributed by atoms with Gasteiger partial charge >= 0.3 is 0 Å². The van der Waals surface area contributed by atoms with Gasteiger partial charge in [-0.25, -0.2) is 0 Å². The quantitative estimate of drug-likeness (QED) is 0.0703. The molecule has 2 nitrogen and oxygen atoms in total. The number of unbranched alkanes of at least 4 members (excludes halogenated alkanes) is 1. The van der Waals surface area contributed by atoms with Crippen LogP contribution in [0.1, 0.15) is 18.4 Å². The Balaban J connectivity index is 0.731. The molecule has 0 radical (unpaired) electrons. The average Bonchev–Trinajstić information content (AvgIpc) is 3.48. The lowest BCUT2D eigenvalue weighted by Crippen LogP contribution is -2.09. The van der Waals surface area contributed by atoms with Gasteiger partial charge in [-0.15, -0.1) is 6.58 Å². The largest absolute Gasteiger partial charge is 0.311 e. The van der Waals surface area contributed by atoms with Gasteiger partial charge in [0, 0.05) is 34.1 Å². The molecule has 0 N–H and O–H groups in total. The van der Waals surface area contributed by atoms with Crippen molar-refractivity contribution in [1.82, 2.24) is 0 Å². The van der Waals surface area contributed by atoms with E-state index in [1.54, 1.807) is 0 Å². The van der Waals surface area contributed by atoms with Gasteiger partial charge in [0.25, 0.3) is 0 Å². The number of anilines is 6. The fourth-order valence-electron chi connectivity index (χ4n) is 9.68. The summed E-state index contributed by atoms with van der Waals surface area (Å²) in [7, 11) is 0. The molecule has 11 rings (SSSR count). The fourth-order valence-corrected chi connectivity index (χ4v) is 9.68. The Morgan fingerprint density at radius 3 is 0.716 bits per heavy atom. The van der Waals surface area contributed by atoms with Crippen molar-refractivity contribution in [3.8, 4) is 66.8 Å². The van der Waals surface area contributed by atoms with Gasteiger partial charge in [-0.3, -0.25) is 0 Å². The summed E-state index contributed by atoms with van der Waals surface area (Å²) in [6, 6.07) is 103. The van der Waals surface area contributed by atoms with Crippen LogP contribution >= 0.6 is 0 Å². The van der Waals surface area contributed by atoms with Crippen LogP contribution in [0, 0.1) is 0 Å². The van der Waals surface area contributed by atoms with Crippen molar-refractivity contribution in [3.05, 3.63) is 309 Å². The standard InChI is InChI=1S/C72H56N2/c1-2-3-4-8-15-54-22-46-69(47-23-54)73(67-18-11-6-12-19-67)70-50-42-65(43-51-70)62-36-32-60(33-37-62)58-28-24-56(25-29-58)57-26-30-59(31-27-57)61-34-38-63(39-35-61)66-44-52-72(53-45-66)74(68-20-13-7-14-21-68)71-48-40-64(41-49-71)55-16-9-5-10-17-55/h2,5-53H,1,3-4H2/b15-8+. The Kier molecular flexibility index (Phi) is 14.1. The van der Waals surface area contributed by atoms with E-state index in [0.717, 1.165) is 47.0 Å². The van der Waals surface area contributed by atoms with Crippen molar-refractivity contribution in [2.24, 2.45) is 0 Å². The summed E-state index contributed by atoms with van der Waals surface area (Å²) < 4.78 is 0. The fraction of sp³-hybridized carbons (Fsp3) is 0.0278. The third-order valence-electron chi connectivity index (χ3n) is 13.7. The Morgan fingerprint density at radius 2 is 0.446 bits per heavy atom. The Bertz CT molecular complexity index is 3570. The third kappa shape index (κ3) is 10.7. The summed E-state index contributed by atoms with van der Waals surface area (Å²) in [6.07, 6.45) is 8.34. The highest BCUT2D eigenvalue weighted by molar-refractivity contribution is 5.82. The topological polar surface area (TPSA) is 6.48 Å². The average molecular weight is 949 g/mol. The van der Waals surface area contributed by atoms with Gasteiger partial charge < -0.3 is 9.80 Å². The first-order valence-corrected chi connectivity index (χ1v) is 25.5. The second-order valence-electron chi connectivity index (χ2n) is 18.5. The molecular formula is C72H56N2. The highest BCUT2D eigenvalue weighted by Gasteiger charge is 2.15. The molecule has 0 fully saturated rings. The van der Waals surface area contributed by atoms with E-state index in [9.17, 15) is 0 Å². The summed E-state index contributed by atoms with van der Waals surface area (Å²) in [4.78, 5) is 4.62. The molecule has 0 amide bonds. The first-order valence-electron chi connectivity index (χ1n) is 25.5. The molecule has 0 bridgehead atoms. The highest BCUT2D eigenvalue weighted by Crippen LogP contribution is 2.39. The predicted octanol–water partition coefficient (Wildman–Crippen LogP) is 20.6. The third-order valence-corrected chi connectivity index (χ3v) is 13.7. The van der Waals surface area contributed by atoms with Crippen LogP contribution in [0.25, 0.3) is 72.8 Å². The van der Waals surface area contributed by atoms with Crippen LogP contribution in [-0.2, 0) is 0 Å². The van der Waals surface area contributed by atoms with E-state index in [1.807, 2.05) is 6.08 Å². The number of benzene rings is 11. The lowest BCUT2D eigenvalue weighted by molar-refractivity contribution is 1.06. The monoisotopic (exact) mass is 948 g/mol. The van der Waals surface area contributed by atoms with Crippen molar-refractivity contribution in [2.75, 3.05) is 9.80 Å². The second kappa shape index (κ2) is 22.3. The van der Waals surface area contributed by atoms with Crippen LogP contribution in [0.4, 0.5) is 34.1 Å². The molecule has 0 aromatic heterocycles. The van der Waals surface area contributed by atoms with Crippen LogP contribution in [0.15, 0.2) is 304 Å². The van der Waals surface area contributed by atoms with Crippen molar-refractivity contribution in [2.45, 2.75) is 12.8 Å². The molecule has 0 atom stereocenters. The zero-order valence-corrected chi connectivity index (χ0v) is 41.4. The van der Waals surface area contributed by atoms with E-state index in [1.165, 1.54) is 72.3 Å². The van der Waals surface area contributed by atoms with Crippen LogP contribution in [-0.4, -0.2) is 0 Å². The summed E-state index contributed by atoms with van der Waals surface area (Å²) in [6.45, 7) is 3.83. The van der Waals surface area contributed by atoms with E-state index in [0.29, 0.717) is 0 Å². The smallest absolute Gasteiger partial charge is 0.0462 e. The van der Waals surface area contributed by atoms with E-state index in [-0.39, 0.29) is 0 Å². The molecule has 0 saturated heterocycles. The molecule has 11 aromatic carbocycles. The molecule has 0 aliphatic heterocycles. The van der Waals surface area contributed by atoms with E-state index in [2.05, 4.69) is 314 Å². The zero-order valence-electron chi connectivity index (χ0n) is 41.4. The number of allylic oxidation sites excluding steroid dienone is 2. The summed E-state index contributed by atoms with van der Waals surface area (Å²) in [5.41, 5.74) is 22.2. The maximum atomic E-state index is 3.83. The van der Waals surface area contributed by atoms with E-state index in [4.69, 9.17) is 0 Å². The van der Waals surface area contributed by atoms with Crippen molar-refractivity contribution < 1.29 is 0 Å². The second-order valence-corrected chi connectivity index (χ2v) is 18.5. The zero-order chi connectivity index (χ0) is 49.9. The molecule has 0 aliphatic rings. The number of rotatable bonds is 16. The molecule has 354 valence electrons. The first-order chi connectivity index (χ1) is 36.6. The Hall–Kier alpha value is -9.50. The number of nitrogens with zero attached hydrogens (tertiary/aromatic N) is 2. The molecule has 0 unspecified atom stereocenters. The van der Waals surface area contributed by atoms with Crippen LogP contribution in [0.2, 0.25) is 0 Å². The minimum atomic E-state index is 0.989. The van der Waals surface area contributed by atoms with Crippen LogP contribution in [0.5, 0.6) is 0 Å². The molecule has 11 aromatic rings. The predicted molar refractivity (Wildman–Crippen MR) is 317 cm³/mol. The summed E-state index contributed by atoms with van der Waals surface area (Å²) in [5.74, 6) is 0. The molecule has 74 heavy (non-hydrogen) atoms.